The van der Waals surface area contributed by atoms with Gasteiger partial charge in [-0.15, -0.1) is 11.8 Å². The Morgan fingerprint density at radius 2 is 2.29 bits per heavy atom. The molecular formula is C15H19ClN2OS2. The van der Waals surface area contributed by atoms with Gasteiger partial charge in [-0.2, -0.15) is 11.8 Å². The van der Waals surface area contributed by atoms with E-state index in [4.69, 9.17) is 11.6 Å². The molecule has 0 bridgehead atoms. The fourth-order valence-corrected chi connectivity index (χ4v) is 5.61. The largest absolute Gasteiger partial charge is 0.332 e. The molecule has 1 N–H and O–H groups in total. The lowest BCUT2D eigenvalue weighted by Gasteiger charge is -2.39. The molecule has 1 amide bonds. The number of hydrogen-bond acceptors (Lipinski definition) is 4. The lowest BCUT2D eigenvalue weighted by molar-refractivity contribution is -0.133. The zero-order valence-electron chi connectivity index (χ0n) is 11.8. The average molecular weight is 343 g/mol. The van der Waals surface area contributed by atoms with Crippen molar-refractivity contribution in [1.29, 1.82) is 0 Å². The van der Waals surface area contributed by atoms with Gasteiger partial charge in [-0.3, -0.25) is 4.79 Å². The maximum absolute atomic E-state index is 12.9. The fraction of sp³-hybridized carbons (Fsp3) is 0.533. The van der Waals surface area contributed by atoms with E-state index >= 15 is 0 Å². The standard InChI is InChI=1S/C15H19ClN2OS2/c16-12-3-1-2-11(8-12)13-9-17-4-5-18(13)15(19)14-10-20-6-7-21-14/h1-3,8,13-14,17H,4-7,9-10H2. The maximum atomic E-state index is 12.9. The van der Waals surface area contributed by atoms with Crippen molar-refractivity contribution in [2.45, 2.75) is 11.3 Å². The molecule has 0 aliphatic carbocycles. The molecule has 3 rings (SSSR count). The highest BCUT2D eigenvalue weighted by atomic mass is 35.5. The van der Waals surface area contributed by atoms with E-state index in [9.17, 15) is 4.79 Å². The van der Waals surface area contributed by atoms with E-state index in [1.807, 2.05) is 34.9 Å². The van der Waals surface area contributed by atoms with Gasteiger partial charge in [0.1, 0.15) is 0 Å². The number of hydrogen-bond donors (Lipinski definition) is 1. The minimum atomic E-state index is 0.0949. The number of benzene rings is 1. The summed E-state index contributed by atoms with van der Waals surface area (Å²) in [6.45, 7) is 2.45. The molecular weight excluding hydrogens is 324 g/mol. The molecule has 3 nitrogen and oxygen atoms in total. The fourth-order valence-electron chi connectivity index (χ4n) is 2.80. The van der Waals surface area contributed by atoms with Gasteiger partial charge < -0.3 is 10.2 Å². The van der Waals surface area contributed by atoms with Gasteiger partial charge in [-0.25, -0.2) is 0 Å². The third kappa shape index (κ3) is 3.70. The summed E-state index contributed by atoms with van der Waals surface area (Å²) in [5, 5.41) is 4.24. The van der Waals surface area contributed by atoms with Crippen molar-refractivity contribution in [1.82, 2.24) is 10.2 Å². The van der Waals surface area contributed by atoms with E-state index in [-0.39, 0.29) is 11.3 Å². The van der Waals surface area contributed by atoms with Crippen molar-refractivity contribution < 1.29 is 4.79 Å². The predicted molar refractivity (Wildman–Crippen MR) is 92.3 cm³/mol. The first-order valence-electron chi connectivity index (χ1n) is 7.22. The van der Waals surface area contributed by atoms with Gasteiger partial charge in [0, 0.05) is 41.9 Å². The van der Waals surface area contributed by atoms with Gasteiger partial charge in [0.25, 0.3) is 0 Å². The summed E-state index contributed by atoms with van der Waals surface area (Å²) >= 11 is 9.81. The average Bonchev–Trinajstić information content (AvgIpc) is 2.55. The van der Waals surface area contributed by atoms with Crippen LogP contribution in [-0.2, 0) is 4.79 Å². The second kappa shape index (κ2) is 7.27. The first kappa shape index (κ1) is 15.5. The van der Waals surface area contributed by atoms with Gasteiger partial charge >= 0.3 is 0 Å². The summed E-state index contributed by atoms with van der Waals surface area (Å²) in [7, 11) is 0. The Labute approximate surface area is 139 Å². The summed E-state index contributed by atoms with van der Waals surface area (Å²) in [6, 6.07) is 7.97. The maximum Gasteiger partial charge on any atom is 0.237 e. The first-order valence-corrected chi connectivity index (χ1v) is 9.80. The Hall–Kier alpha value is -0.360. The van der Waals surface area contributed by atoms with Crippen LogP contribution in [-0.4, -0.2) is 52.9 Å². The minimum Gasteiger partial charge on any atom is -0.332 e. The number of amides is 1. The van der Waals surface area contributed by atoms with Crippen molar-refractivity contribution in [3.63, 3.8) is 0 Å². The number of thioether (sulfide) groups is 2. The Bertz CT molecular complexity index is 508. The molecule has 2 aliphatic rings. The highest BCUT2D eigenvalue weighted by molar-refractivity contribution is 8.07. The number of nitrogens with one attached hydrogen (secondary N) is 1. The molecule has 0 spiro atoms. The van der Waals surface area contributed by atoms with Crippen molar-refractivity contribution in [3.05, 3.63) is 34.9 Å². The van der Waals surface area contributed by atoms with Crippen molar-refractivity contribution in [3.8, 4) is 0 Å². The van der Waals surface area contributed by atoms with E-state index < -0.39 is 0 Å². The molecule has 2 fully saturated rings. The summed E-state index contributed by atoms with van der Waals surface area (Å²) in [5.41, 5.74) is 1.12. The smallest absolute Gasteiger partial charge is 0.237 e. The van der Waals surface area contributed by atoms with Crippen LogP contribution in [0.25, 0.3) is 0 Å². The normalized spacial score (nSPS) is 26.6. The lowest BCUT2D eigenvalue weighted by atomic mass is 10.0. The number of rotatable bonds is 2. The molecule has 2 atom stereocenters. The van der Waals surface area contributed by atoms with Crippen LogP contribution in [0.3, 0.4) is 0 Å². The third-order valence-electron chi connectivity index (χ3n) is 3.85. The molecule has 0 saturated carbocycles. The van der Waals surface area contributed by atoms with E-state index in [0.717, 1.165) is 47.5 Å². The molecule has 1 aromatic carbocycles. The van der Waals surface area contributed by atoms with Gasteiger partial charge in [0.05, 0.1) is 11.3 Å². The van der Waals surface area contributed by atoms with E-state index in [1.165, 1.54) is 0 Å². The summed E-state index contributed by atoms with van der Waals surface area (Å²) in [5.74, 6) is 3.47. The molecule has 114 valence electrons. The van der Waals surface area contributed by atoms with Crippen LogP contribution in [0.1, 0.15) is 11.6 Å². The summed E-state index contributed by atoms with van der Waals surface area (Å²) in [6.07, 6.45) is 0. The zero-order valence-corrected chi connectivity index (χ0v) is 14.1. The van der Waals surface area contributed by atoms with Crippen LogP contribution >= 0.6 is 35.1 Å². The number of halogens is 1. The Kier molecular flexibility index (Phi) is 5.38. The second-order valence-electron chi connectivity index (χ2n) is 5.24. The number of carbonyl (C=O) groups excluding carboxylic acids is 1. The Morgan fingerprint density at radius 3 is 3.05 bits per heavy atom. The molecule has 2 heterocycles. The van der Waals surface area contributed by atoms with Crippen LogP contribution in [0.2, 0.25) is 5.02 Å². The molecule has 2 unspecified atom stereocenters. The minimum absolute atomic E-state index is 0.0949. The molecule has 2 saturated heterocycles. The number of carbonyl (C=O) groups is 1. The quantitative estimate of drug-likeness (QED) is 0.895. The van der Waals surface area contributed by atoms with Crippen LogP contribution in [0.4, 0.5) is 0 Å². The molecule has 0 radical (unpaired) electrons. The third-order valence-corrected chi connectivity index (χ3v) is 6.83. The van der Waals surface area contributed by atoms with Crippen molar-refractivity contribution >= 4 is 41.0 Å². The monoisotopic (exact) mass is 342 g/mol. The topological polar surface area (TPSA) is 32.3 Å². The van der Waals surface area contributed by atoms with Crippen molar-refractivity contribution in [2.24, 2.45) is 0 Å². The first-order chi connectivity index (χ1) is 10.3. The van der Waals surface area contributed by atoms with Gasteiger partial charge in [0.15, 0.2) is 0 Å². The summed E-state index contributed by atoms with van der Waals surface area (Å²) < 4.78 is 0. The summed E-state index contributed by atoms with van der Waals surface area (Å²) in [4.78, 5) is 14.9. The lowest BCUT2D eigenvalue weighted by Crippen LogP contribution is -2.51. The van der Waals surface area contributed by atoms with Gasteiger partial charge in [-0.1, -0.05) is 23.7 Å². The number of nitrogens with zero attached hydrogens (tertiary/aromatic N) is 1. The van der Waals surface area contributed by atoms with Crippen LogP contribution in [0.5, 0.6) is 0 Å². The highest BCUT2D eigenvalue weighted by Gasteiger charge is 2.33. The van der Waals surface area contributed by atoms with Crippen LogP contribution in [0, 0.1) is 0 Å². The zero-order chi connectivity index (χ0) is 14.7. The molecule has 6 heteroatoms. The SMILES string of the molecule is O=C(C1CSCCS1)N1CCNCC1c1cccc(Cl)c1. The Balaban J connectivity index is 1.79. The van der Waals surface area contributed by atoms with Crippen LogP contribution in [0.15, 0.2) is 24.3 Å². The van der Waals surface area contributed by atoms with E-state index in [0.29, 0.717) is 5.91 Å². The predicted octanol–water partition coefficient (Wildman–Crippen LogP) is 2.66. The molecule has 1 aromatic rings. The van der Waals surface area contributed by atoms with Crippen LogP contribution < -0.4 is 5.32 Å². The second-order valence-corrected chi connectivity index (χ2v) is 8.14. The van der Waals surface area contributed by atoms with Gasteiger partial charge in [0.2, 0.25) is 5.91 Å². The molecule has 2 aliphatic heterocycles. The van der Waals surface area contributed by atoms with E-state index in [2.05, 4.69) is 11.4 Å². The highest BCUT2D eigenvalue weighted by Crippen LogP contribution is 2.30. The molecule has 0 aromatic heterocycles. The molecule has 21 heavy (non-hydrogen) atoms. The van der Waals surface area contributed by atoms with Gasteiger partial charge in [-0.05, 0) is 17.7 Å². The number of piperazine rings is 1. The van der Waals surface area contributed by atoms with Crippen molar-refractivity contribution in [2.75, 3.05) is 36.9 Å². The van der Waals surface area contributed by atoms with E-state index in [1.54, 1.807) is 11.8 Å². The Morgan fingerprint density at radius 1 is 1.38 bits per heavy atom.